The summed E-state index contributed by atoms with van der Waals surface area (Å²) < 4.78 is 6.10. The maximum absolute atomic E-state index is 13.0. The van der Waals surface area contributed by atoms with E-state index in [1.54, 1.807) is 0 Å². The molecule has 3 aliphatic heterocycles. The topological polar surface area (TPSA) is 101 Å². The lowest BCUT2D eigenvalue weighted by molar-refractivity contribution is 0.0607. The summed E-state index contributed by atoms with van der Waals surface area (Å²) in [6, 6.07) is 15.7. The van der Waals surface area contributed by atoms with Crippen LogP contribution in [-0.4, -0.2) is 59.8 Å². The first-order chi connectivity index (χ1) is 16.1. The van der Waals surface area contributed by atoms with Crippen LogP contribution < -0.4 is 10.6 Å². The van der Waals surface area contributed by atoms with Crippen molar-refractivity contribution in [3.63, 3.8) is 0 Å². The zero-order valence-electron chi connectivity index (χ0n) is 18.7. The molecule has 3 aliphatic rings. The number of carbonyl (C=O) groups excluding carboxylic acids is 1. The molecule has 4 heterocycles. The van der Waals surface area contributed by atoms with Gasteiger partial charge in [0.1, 0.15) is 5.58 Å². The number of hydrogen-bond donors (Lipinski definition) is 3. The maximum Gasteiger partial charge on any atom is 0.287 e. The summed E-state index contributed by atoms with van der Waals surface area (Å²) >= 11 is 0. The van der Waals surface area contributed by atoms with Crippen LogP contribution in [-0.2, 0) is 0 Å². The molecule has 1 amide bonds. The second-order valence-corrected chi connectivity index (χ2v) is 9.14. The number of rotatable bonds is 8. The van der Waals surface area contributed by atoms with Crippen molar-refractivity contribution in [2.24, 2.45) is 5.92 Å². The van der Waals surface area contributed by atoms with E-state index in [1.807, 2.05) is 48.5 Å². The molecule has 174 valence electrons. The number of carbonyl (C=O) groups is 1. The molecule has 2 aromatic carbocycles. The highest BCUT2D eigenvalue weighted by atomic mass is 16.3. The van der Waals surface area contributed by atoms with Crippen molar-refractivity contribution in [1.82, 2.24) is 15.5 Å². The van der Waals surface area contributed by atoms with Gasteiger partial charge in [0, 0.05) is 42.3 Å². The Bertz CT molecular complexity index is 1120. The van der Waals surface area contributed by atoms with Gasteiger partial charge >= 0.3 is 0 Å². The van der Waals surface area contributed by atoms with Crippen molar-refractivity contribution in [2.45, 2.75) is 31.5 Å². The molecule has 3 saturated heterocycles. The molecule has 2 atom stereocenters. The van der Waals surface area contributed by atoms with Crippen LogP contribution in [0.25, 0.3) is 22.1 Å². The Labute approximate surface area is 193 Å². The first-order valence-corrected chi connectivity index (χ1v) is 11.8. The second kappa shape index (κ2) is 9.65. The molecule has 1 unspecified atom stereocenters. The second-order valence-electron chi connectivity index (χ2n) is 9.14. The van der Waals surface area contributed by atoms with Gasteiger partial charge in [-0.25, -0.2) is 5.32 Å². The van der Waals surface area contributed by atoms with Crippen molar-refractivity contribution in [1.29, 1.82) is 0 Å². The molecule has 6 rings (SSSR count). The highest BCUT2D eigenvalue weighted by Crippen LogP contribution is 2.33. The van der Waals surface area contributed by atoms with Crippen molar-refractivity contribution in [3.05, 3.63) is 59.9 Å². The number of para-hydroxylation sites is 1. The van der Waals surface area contributed by atoms with Gasteiger partial charge in [-0.2, -0.15) is 0 Å². The number of aliphatic hydroxyl groups excluding tert-OH is 1. The maximum atomic E-state index is 13.0. The number of nitrogens with zero attached hydrogens (tertiary/aromatic N) is 1. The highest BCUT2D eigenvalue weighted by molar-refractivity contribution is 6.00. The minimum Gasteiger partial charge on any atom is -0.450 e. The molecule has 7 nitrogen and oxygen atoms in total. The van der Waals surface area contributed by atoms with Gasteiger partial charge in [0.2, 0.25) is 6.23 Å². The largest absolute Gasteiger partial charge is 0.450 e. The van der Waals surface area contributed by atoms with E-state index < -0.39 is 6.23 Å². The third-order valence-corrected chi connectivity index (χ3v) is 6.95. The molecule has 2 bridgehead atoms. The summed E-state index contributed by atoms with van der Waals surface area (Å²) in [4.78, 5) is 15.4. The van der Waals surface area contributed by atoms with E-state index in [-0.39, 0.29) is 18.6 Å². The third kappa shape index (κ3) is 4.68. The smallest absolute Gasteiger partial charge is 0.287 e. The Morgan fingerprint density at radius 1 is 1.18 bits per heavy atom. The molecule has 1 aromatic heterocycles. The van der Waals surface area contributed by atoms with E-state index in [2.05, 4.69) is 15.5 Å². The quantitative estimate of drug-likeness (QED) is 0.278. The van der Waals surface area contributed by atoms with E-state index in [9.17, 15) is 4.79 Å². The Hall–Kier alpha value is -2.71. The van der Waals surface area contributed by atoms with Crippen molar-refractivity contribution >= 4 is 16.9 Å². The Balaban J connectivity index is 1.37. The fourth-order valence-electron chi connectivity index (χ4n) is 5.10. The minimum absolute atomic E-state index is 0.107. The van der Waals surface area contributed by atoms with Crippen LogP contribution in [0.5, 0.6) is 0 Å². The van der Waals surface area contributed by atoms with Crippen LogP contribution in [0.15, 0.2) is 52.9 Å². The van der Waals surface area contributed by atoms with Crippen LogP contribution in [0.4, 0.5) is 0 Å². The summed E-state index contributed by atoms with van der Waals surface area (Å²) in [5.41, 5.74) is 3.37. The van der Waals surface area contributed by atoms with Gasteiger partial charge in [-0.3, -0.25) is 4.79 Å². The monoisotopic (exact) mass is 450 g/mol. The molecule has 5 N–H and O–H groups in total. The molecule has 7 heteroatoms. The molecule has 3 aromatic rings. The van der Waals surface area contributed by atoms with E-state index in [0.717, 1.165) is 54.6 Å². The predicted molar refractivity (Wildman–Crippen MR) is 128 cm³/mol. The fraction of sp³-hybridized carbons (Fsp3) is 0.423. The highest BCUT2D eigenvalue weighted by Gasteiger charge is 2.35. The predicted octanol–water partition coefficient (Wildman–Crippen LogP) is 2.62. The number of aliphatic hydroxyl groups is 1. The van der Waals surface area contributed by atoms with E-state index >= 15 is 0 Å². The number of hydrogen-bond acceptors (Lipinski definition) is 5. The number of furan rings is 1. The lowest BCUT2D eigenvalue weighted by Gasteiger charge is -2.44. The van der Waals surface area contributed by atoms with Gasteiger partial charge in [-0.15, -0.1) is 0 Å². The summed E-state index contributed by atoms with van der Waals surface area (Å²) in [6.45, 7) is 3.90. The molecule has 33 heavy (non-hydrogen) atoms. The molecular formula is C26H32N3O4+. The van der Waals surface area contributed by atoms with Crippen LogP contribution in [0.3, 0.4) is 0 Å². The van der Waals surface area contributed by atoms with Gasteiger partial charge in [0.05, 0.1) is 0 Å². The van der Waals surface area contributed by atoms with E-state index in [0.29, 0.717) is 30.2 Å². The van der Waals surface area contributed by atoms with Crippen molar-refractivity contribution in [2.75, 3.05) is 32.8 Å². The van der Waals surface area contributed by atoms with Crippen molar-refractivity contribution < 1.29 is 19.4 Å². The average Bonchev–Trinajstić information content (AvgIpc) is 3.30. The van der Waals surface area contributed by atoms with Crippen LogP contribution >= 0.6 is 0 Å². The summed E-state index contributed by atoms with van der Waals surface area (Å²) in [6.07, 6.45) is 2.34. The van der Waals surface area contributed by atoms with Crippen LogP contribution in [0.2, 0.25) is 0 Å². The van der Waals surface area contributed by atoms with Gasteiger partial charge in [-0.05, 0) is 62.0 Å². The zero-order valence-corrected chi connectivity index (χ0v) is 18.7. The molecule has 3 fully saturated rings. The number of nitrogens with one attached hydrogen (secondary N) is 2. The standard InChI is InChI=1S/C26H31N3O4/c30-13-3-10-27-25(31)20-6-1-4-18(14-20)21-7-2-5-19-15-23(33-24(19)21)26(32)28-22-16-29-11-8-17(22)9-12-29/h1-2,4-7,14-15,17,22,25,27,30-31H,3,8-13,16H2,(H,28,32)/p+1/t22-,25?/m0/s1. The molecule has 0 saturated carbocycles. The molecular weight excluding hydrogens is 418 g/mol. The number of piperidine rings is 3. The van der Waals surface area contributed by atoms with Crippen LogP contribution in [0, 0.1) is 5.92 Å². The Morgan fingerprint density at radius 2 is 2.00 bits per heavy atom. The SMILES string of the molecule is O=C(N[C@H]1CN2CCC1CC2)c1cc2cccc(-c3cccc(C([OH2+])NCCCO)c3)c2o1. The number of benzene rings is 2. The number of fused-ring (bicyclic) bond motifs is 4. The fourth-order valence-corrected chi connectivity index (χ4v) is 5.10. The first kappa shape index (κ1) is 22.1. The van der Waals surface area contributed by atoms with Gasteiger partial charge in [0.15, 0.2) is 5.76 Å². The summed E-state index contributed by atoms with van der Waals surface area (Å²) in [5.74, 6) is 0.753. The zero-order chi connectivity index (χ0) is 22.8. The van der Waals surface area contributed by atoms with Gasteiger partial charge < -0.3 is 24.8 Å². The third-order valence-electron chi connectivity index (χ3n) is 6.95. The van der Waals surface area contributed by atoms with Crippen molar-refractivity contribution in [3.8, 4) is 11.1 Å². The molecule has 0 spiro atoms. The first-order valence-electron chi connectivity index (χ1n) is 11.8. The normalized spacial score (nSPS) is 23.0. The average molecular weight is 451 g/mol. The molecule has 0 aliphatic carbocycles. The van der Waals surface area contributed by atoms with Gasteiger partial charge in [0.25, 0.3) is 5.91 Å². The van der Waals surface area contributed by atoms with Gasteiger partial charge in [-0.1, -0.05) is 30.3 Å². The lowest BCUT2D eigenvalue weighted by Crippen LogP contribution is -2.57. The lowest BCUT2D eigenvalue weighted by atomic mass is 9.84. The molecule has 0 radical (unpaired) electrons. The van der Waals surface area contributed by atoms with E-state index in [1.165, 1.54) is 0 Å². The minimum atomic E-state index is -0.574. The Morgan fingerprint density at radius 3 is 2.76 bits per heavy atom. The Kier molecular flexibility index (Phi) is 6.46. The summed E-state index contributed by atoms with van der Waals surface area (Å²) in [5, 5.41) is 24.5. The number of amides is 1. The van der Waals surface area contributed by atoms with E-state index in [4.69, 9.17) is 14.6 Å². The van der Waals surface area contributed by atoms with Crippen LogP contribution in [0.1, 0.15) is 41.6 Å². The summed E-state index contributed by atoms with van der Waals surface area (Å²) in [7, 11) is 0.